The average molecular weight is 208 g/mol. The first-order valence-corrected chi connectivity index (χ1v) is 6.10. The summed E-state index contributed by atoms with van der Waals surface area (Å²) in [5.74, 6) is 0.400. The third kappa shape index (κ3) is 1.86. The van der Waals surface area contributed by atoms with Crippen molar-refractivity contribution in [1.82, 2.24) is 0 Å². The van der Waals surface area contributed by atoms with Crippen LogP contribution in [0.3, 0.4) is 0 Å². The molecule has 2 aliphatic rings. The van der Waals surface area contributed by atoms with Crippen molar-refractivity contribution >= 4 is 11.6 Å². The lowest BCUT2D eigenvalue weighted by atomic mass is 9.66. The van der Waals surface area contributed by atoms with E-state index in [-0.39, 0.29) is 28.8 Å². The number of Topliss-reactive ketones (excluding diaryl/α,β-unsaturated/α-hetero) is 2. The van der Waals surface area contributed by atoms with Crippen LogP contribution in [0, 0.1) is 17.3 Å². The van der Waals surface area contributed by atoms with Crippen molar-refractivity contribution in [2.45, 2.75) is 52.4 Å². The van der Waals surface area contributed by atoms with Crippen molar-refractivity contribution in [2.75, 3.05) is 0 Å². The average Bonchev–Trinajstić information content (AvgIpc) is 2.06. The van der Waals surface area contributed by atoms with E-state index in [4.69, 9.17) is 0 Å². The van der Waals surface area contributed by atoms with Gasteiger partial charge in [0.05, 0.1) is 5.92 Å². The molecule has 0 radical (unpaired) electrons. The molecule has 0 saturated heterocycles. The molecular weight excluding hydrogens is 188 g/mol. The van der Waals surface area contributed by atoms with Gasteiger partial charge >= 0.3 is 0 Å². The molecule has 2 fully saturated rings. The molecule has 2 saturated carbocycles. The van der Waals surface area contributed by atoms with E-state index < -0.39 is 0 Å². The highest BCUT2D eigenvalue weighted by Crippen LogP contribution is 2.39. The SMILES string of the molecule is CC1(C)CCCC(C(=O)C2CCC2)C1=O. The molecule has 0 N–H and O–H groups in total. The third-order valence-electron chi connectivity index (χ3n) is 4.13. The highest BCUT2D eigenvalue weighted by molar-refractivity contribution is 6.06. The zero-order valence-corrected chi connectivity index (χ0v) is 9.71. The number of carbonyl (C=O) groups excluding carboxylic acids is 2. The number of carbonyl (C=O) groups is 2. The molecule has 2 nitrogen and oxygen atoms in total. The van der Waals surface area contributed by atoms with Gasteiger partial charge in [0.1, 0.15) is 11.6 Å². The van der Waals surface area contributed by atoms with Gasteiger partial charge < -0.3 is 0 Å². The lowest BCUT2D eigenvalue weighted by molar-refractivity contribution is -0.144. The molecule has 0 aliphatic heterocycles. The zero-order valence-electron chi connectivity index (χ0n) is 9.71. The highest BCUT2D eigenvalue weighted by atomic mass is 16.2. The standard InChI is InChI=1S/C13H20O2/c1-13(2)8-4-7-10(12(13)15)11(14)9-5-3-6-9/h9-10H,3-8H2,1-2H3. The van der Waals surface area contributed by atoms with Gasteiger partial charge in [-0.1, -0.05) is 26.7 Å². The van der Waals surface area contributed by atoms with Crippen molar-refractivity contribution in [3.63, 3.8) is 0 Å². The minimum Gasteiger partial charge on any atom is -0.299 e. The van der Waals surface area contributed by atoms with Gasteiger partial charge in [0.2, 0.25) is 0 Å². The first-order valence-electron chi connectivity index (χ1n) is 6.10. The second kappa shape index (κ2) is 3.73. The highest BCUT2D eigenvalue weighted by Gasteiger charge is 2.43. The third-order valence-corrected chi connectivity index (χ3v) is 4.13. The van der Waals surface area contributed by atoms with Crippen molar-refractivity contribution in [3.8, 4) is 0 Å². The van der Waals surface area contributed by atoms with Crippen LogP contribution >= 0.6 is 0 Å². The Morgan fingerprint density at radius 3 is 2.40 bits per heavy atom. The Balaban J connectivity index is 2.07. The molecule has 84 valence electrons. The molecule has 0 aromatic heterocycles. The van der Waals surface area contributed by atoms with Gasteiger partial charge in [-0.25, -0.2) is 0 Å². The maximum atomic E-state index is 12.1. The fourth-order valence-electron chi connectivity index (χ4n) is 2.72. The summed E-state index contributed by atoms with van der Waals surface area (Å²) in [7, 11) is 0. The van der Waals surface area contributed by atoms with Gasteiger partial charge in [-0.2, -0.15) is 0 Å². The van der Waals surface area contributed by atoms with Crippen LogP contribution in [0.4, 0.5) is 0 Å². The monoisotopic (exact) mass is 208 g/mol. The Kier molecular flexibility index (Phi) is 2.70. The largest absolute Gasteiger partial charge is 0.299 e. The molecule has 0 amide bonds. The molecule has 2 aliphatic carbocycles. The Morgan fingerprint density at radius 2 is 1.87 bits per heavy atom. The summed E-state index contributed by atoms with van der Waals surface area (Å²) in [6, 6.07) is 0. The first-order chi connectivity index (χ1) is 7.02. The van der Waals surface area contributed by atoms with E-state index in [0.717, 1.165) is 32.1 Å². The smallest absolute Gasteiger partial charge is 0.148 e. The molecule has 0 aromatic rings. The van der Waals surface area contributed by atoms with Crippen molar-refractivity contribution in [2.24, 2.45) is 17.3 Å². The summed E-state index contributed by atoms with van der Waals surface area (Å²) >= 11 is 0. The number of hydrogen-bond donors (Lipinski definition) is 0. The quantitative estimate of drug-likeness (QED) is 0.654. The van der Waals surface area contributed by atoms with E-state index in [9.17, 15) is 9.59 Å². The summed E-state index contributed by atoms with van der Waals surface area (Å²) < 4.78 is 0. The van der Waals surface area contributed by atoms with E-state index in [1.807, 2.05) is 13.8 Å². The summed E-state index contributed by atoms with van der Waals surface area (Å²) in [4.78, 5) is 24.2. The molecule has 0 spiro atoms. The van der Waals surface area contributed by atoms with Crippen molar-refractivity contribution < 1.29 is 9.59 Å². The lowest BCUT2D eigenvalue weighted by Crippen LogP contribution is -2.42. The molecule has 2 heteroatoms. The number of ketones is 2. The van der Waals surface area contributed by atoms with Gasteiger partial charge in [0.15, 0.2) is 0 Å². The molecule has 0 aromatic carbocycles. The predicted octanol–water partition coefficient (Wildman–Crippen LogP) is 2.75. The molecule has 0 heterocycles. The minimum absolute atomic E-state index is 0.200. The molecule has 1 unspecified atom stereocenters. The fourth-order valence-corrected chi connectivity index (χ4v) is 2.72. The Morgan fingerprint density at radius 1 is 1.20 bits per heavy atom. The fraction of sp³-hybridized carbons (Fsp3) is 0.846. The van der Waals surface area contributed by atoms with Gasteiger partial charge in [0, 0.05) is 11.3 Å². The van der Waals surface area contributed by atoms with Crippen LogP contribution in [0.25, 0.3) is 0 Å². The lowest BCUT2D eigenvalue weighted by Gasteiger charge is -2.36. The second-order valence-corrected chi connectivity index (χ2v) is 5.72. The number of rotatable bonds is 2. The van der Waals surface area contributed by atoms with E-state index in [2.05, 4.69) is 0 Å². The van der Waals surface area contributed by atoms with Gasteiger partial charge in [-0.3, -0.25) is 9.59 Å². The maximum absolute atomic E-state index is 12.1. The van der Waals surface area contributed by atoms with Gasteiger partial charge in [-0.05, 0) is 25.7 Å². The van der Waals surface area contributed by atoms with Crippen LogP contribution in [-0.4, -0.2) is 11.6 Å². The van der Waals surface area contributed by atoms with Crippen LogP contribution in [-0.2, 0) is 9.59 Å². The van der Waals surface area contributed by atoms with Crippen molar-refractivity contribution in [3.05, 3.63) is 0 Å². The van der Waals surface area contributed by atoms with Crippen molar-refractivity contribution in [1.29, 1.82) is 0 Å². The number of hydrogen-bond acceptors (Lipinski definition) is 2. The van der Waals surface area contributed by atoms with Crippen LogP contribution in [0.15, 0.2) is 0 Å². The molecule has 15 heavy (non-hydrogen) atoms. The topological polar surface area (TPSA) is 34.1 Å². The Labute approximate surface area is 91.4 Å². The predicted molar refractivity (Wildman–Crippen MR) is 58.5 cm³/mol. The summed E-state index contributed by atoms with van der Waals surface area (Å²) in [5, 5.41) is 0. The van der Waals surface area contributed by atoms with Gasteiger partial charge in [0.25, 0.3) is 0 Å². The van der Waals surface area contributed by atoms with E-state index in [0.29, 0.717) is 0 Å². The molecule has 1 atom stereocenters. The molecule has 2 rings (SSSR count). The second-order valence-electron chi connectivity index (χ2n) is 5.72. The van der Waals surface area contributed by atoms with E-state index in [1.165, 1.54) is 6.42 Å². The normalized spacial score (nSPS) is 31.1. The summed E-state index contributed by atoms with van der Waals surface area (Å²) in [5.41, 5.74) is -0.262. The van der Waals surface area contributed by atoms with Crippen LogP contribution in [0.1, 0.15) is 52.4 Å². The summed E-state index contributed by atoms with van der Waals surface area (Å²) in [6.45, 7) is 3.96. The summed E-state index contributed by atoms with van der Waals surface area (Å²) in [6.07, 6.45) is 5.98. The molecule has 0 bridgehead atoms. The van der Waals surface area contributed by atoms with Crippen LogP contribution in [0.2, 0.25) is 0 Å². The minimum atomic E-state index is -0.265. The first kappa shape index (κ1) is 10.8. The molecular formula is C13H20O2. The maximum Gasteiger partial charge on any atom is 0.148 e. The van der Waals surface area contributed by atoms with Gasteiger partial charge in [-0.15, -0.1) is 0 Å². The van der Waals surface area contributed by atoms with Crippen LogP contribution in [0.5, 0.6) is 0 Å². The Bertz CT molecular complexity index is 287. The Hall–Kier alpha value is -0.660. The van der Waals surface area contributed by atoms with E-state index >= 15 is 0 Å². The zero-order chi connectivity index (χ0) is 11.1. The van der Waals surface area contributed by atoms with E-state index in [1.54, 1.807) is 0 Å². The van der Waals surface area contributed by atoms with Crippen LogP contribution < -0.4 is 0 Å².